The van der Waals surface area contributed by atoms with E-state index in [1.54, 1.807) is 69.6 Å². The summed E-state index contributed by atoms with van der Waals surface area (Å²) in [5.41, 5.74) is 2.20. The van der Waals surface area contributed by atoms with E-state index < -0.39 is 76.2 Å². The molecular weight excluding hydrogens is 758 g/mol. The number of esters is 2. The fourth-order valence-corrected chi connectivity index (χ4v) is 10.7. The number of allylic oxidation sites excluding steroid dienone is 4. The maximum Gasteiger partial charge on any atom is 0.306 e. The number of carbonyl (C=O) groups is 5. The molecule has 7 rings (SSSR count). The van der Waals surface area contributed by atoms with Crippen LogP contribution >= 0.6 is 0 Å². The lowest BCUT2D eigenvalue weighted by atomic mass is 9.44. The number of hydrogen-bond donors (Lipinski definition) is 4. The number of anilines is 1. The van der Waals surface area contributed by atoms with Crippen LogP contribution in [0.4, 0.5) is 10.1 Å². The summed E-state index contributed by atoms with van der Waals surface area (Å²) in [7, 11) is 0. The van der Waals surface area contributed by atoms with Crippen molar-refractivity contribution in [2.24, 2.45) is 34.3 Å². The van der Waals surface area contributed by atoms with Crippen LogP contribution in [-0.4, -0.2) is 75.1 Å². The number of rotatable bonds is 13. The van der Waals surface area contributed by atoms with Crippen LogP contribution in [0.2, 0.25) is 0 Å². The van der Waals surface area contributed by atoms with Gasteiger partial charge >= 0.3 is 11.9 Å². The van der Waals surface area contributed by atoms with Crippen LogP contribution in [0.3, 0.4) is 0 Å². The Labute approximate surface area is 342 Å². The predicted molar refractivity (Wildman–Crippen MR) is 216 cm³/mol. The van der Waals surface area contributed by atoms with E-state index in [-0.39, 0.29) is 50.5 Å². The van der Waals surface area contributed by atoms with Gasteiger partial charge in [0.15, 0.2) is 18.1 Å². The number of carbonyl (C=O) groups excluding carboxylic acids is 5. The number of amides is 1. The van der Waals surface area contributed by atoms with E-state index in [4.69, 9.17) is 15.2 Å². The molecule has 5 N–H and O–H groups in total. The summed E-state index contributed by atoms with van der Waals surface area (Å²) in [6.07, 6.45) is 7.13. The lowest BCUT2D eigenvalue weighted by Crippen LogP contribution is -2.69. The van der Waals surface area contributed by atoms with Crippen LogP contribution in [0.1, 0.15) is 82.8 Å². The minimum atomic E-state index is -2.10. The molecule has 2 aromatic carbocycles. The molecule has 1 aromatic heterocycles. The van der Waals surface area contributed by atoms with Gasteiger partial charge in [0.2, 0.25) is 11.7 Å². The molecule has 13 heteroatoms. The molecule has 4 aliphatic carbocycles. The molecule has 3 fully saturated rings. The summed E-state index contributed by atoms with van der Waals surface area (Å²) < 4.78 is 28.1. The van der Waals surface area contributed by atoms with Crippen molar-refractivity contribution in [1.82, 2.24) is 4.98 Å². The standard InChI is InChI=1S/C46H52FN3O9/c1-27-19-37-36-14-12-32-21-34(51)15-17-43(32,2)45(36,47)38(52)22-44(37,3)46(27,57)39(53)26-59-41(55)6-4-5-40(54)58-25-28-7-9-29(10-8-28)35(23-48)42(56)50-33-13-11-31-24-49-18-16-30(31)20-33/h7-11,13,15-18,20-21,24,27,35-38,52,57H,4-6,12,14,19,22-23,25-26,48H2,1-3H3,(H,50,56)/t27-,35+,36-,37-,38-,43-,44-,45-,46-/m0/s1. The van der Waals surface area contributed by atoms with Crippen molar-refractivity contribution in [2.45, 2.75) is 95.6 Å². The number of nitrogens with one attached hydrogen (secondary N) is 1. The Bertz CT molecular complexity index is 2230. The lowest BCUT2D eigenvalue weighted by molar-refractivity contribution is -0.220. The van der Waals surface area contributed by atoms with Gasteiger partial charge in [-0.1, -0.05) is 55.8 Å². The average Bonchev–Trinajstić information content (AvgIpc) is 3.41. The summed E-state index contributed by atoms with van der Waals surface area (Å²) in [6.45, 7) is 4.53. The van der Waals surface area contributed by atoms with Crippen LogP contribution < -0.4 is 11.1 Å². The predicted octanol–water partition coefficient (Wildman–Crippen LogP) is 5.59. The molecule has 12 nitrogen and oxygen atoms in total. The van der Waals surface area contributed by atoms with Crippen LogP contribution in [0, 0.1) is 28.6 Å². The normalized spacial score (nSPS) is 31.3. The summed E-state index contributed by atoms with van der Waals surface area (Å²) in [6, 6.07) is 14.4. The van der Waals surface area contributed by atoms with Gasteiger partial charge in [-0.2, -0.15) is 0 Å². The number of hydrogen-bond acceptors (Lipinski definition) is 11. The fourth-order valence-electron chi connectivity index (χ4n) is 10.7. The molecule has 3 aromatic rings. The van der Waals surface area contributed by atoms with E-state index in [0.717, 1.165) is 10.8 Å². The van der Waals surface area contributed by atoms with Crippen molar-refractivity contribution >= 4 is 45.9 Å². The third kappa shape index (κ3) is 7.31. The zero-order valence-electron chi connectivity index (χ0n) is 33.6. The highest BCUT2D eigenvalue weighted by molar-refractivity contribution is 6.01. The maximum absolute atomic E-state index is 17.4. The van der Waals surface area contributed by atoms with Crippen LogP contribution in [0.25, 0.3) is 10.8 Å². The second-order valence-electron chi connectivity index (χ2n) is 17.2. The summed E-state index contributed by atoms with van der Waals surface area (Å²) in [5, 5.41) is 28.5. The Morgan fingerprint density at radius 1 is 1.02 bits per heavy atom. The molecule has 312 valence electrons. The van der Waals surface area contributed by atoms with Gasteiger partial charge in [-0.15, -0.1) is 0 Å². The van der Waals surface area contributed by atoms with E-state index in [0.29, 0.717) is 41.6 Å². The van der Waals surface area contributed by atoms with E-state index in [2.05, 4.69) is 10.3 Å². The number of benzene rings is 2. The fraction of sp³-hybridized carbons (Fsp3) is 0.478. The highest BCUT2D eigenvalue weighted by Gasteiger charge is 2.75. The van der Waals surface area contributed by atoms with Crippen molar-refractivity contribution in [3.63, 3.8) is 0 Å². The van der Waals surface area contributed by atoms with Gasteiger partial charge in [0.05, 0.1) is 12.0 Å². The van der Waals surface area contributed by atoms with Gasteiger partial charge in [-0.05, 0) is 97.7 Å². The van der Waals surface area contributed by atoms with Gasteiger partial charge in [-0.25, -0.2) is 4.39 Å². The number of Topliss-reactive ketones (excluding diaryl/α,β-unsaturated/α-hetero) is 1. The first-order valence-electron chi connectivity index (χ1n) is 20.4. The minimum Gasteiger partial charge on any atom is -0.461 e. The van der Waals surface area contributed by atoms with Crippen LogP contribution in [0.15, 0.2) is 84.7 Å². The second kappa shape index (κ2) is 16.2. The topological polar surface area (TPSA) is 195 Å². The van der Waals surface area contributed by atoms with Gasteiger partial charge in [0, 0.05) is 59.6 Å². The first kappa shape index (κ1) is 42.0. The molecule has 1 amide bonds. The highest BCUT2D eigenvalue weighted by Crippen LogP contribution is 2.70. The number of aliphatic hydroxyl groups is 2. The number of aromatic nitrogens is 1. The summed E-state index contributed by atoms with van der Waals surface area (Å²) >= 11 is 0. The molecule has 3 saturated carbocycles. The number of ketones is 2. The zero-order chi connectivity index (χ0) is 42.3. The number of nitrogens with zero attached hydrogens (tertiary/aromatic N) is 1. The maximum atomic E-state index is 17.4. The zero-order valence-corrected chi connectivity index (χ0v) is 33.6. The second-order valence-corrected chi connectivity index (χ2v) is 17.2. The largest absolute Gasteiger partial charge is 0.461 e. The van der Waals surface area contributed by atoms with E-state index >= 15 is 4.39 Å². The number of ether oxygens (including phenoxy) is 2. The van der Waals surface area contributed by atoms with Crippen molar-refractivity contribution < 1.29 is 48.0 Å². The monoisotopic (exact) mass is 809 g/mol. The molecule has 0 unspecified atom stereocenters. The molecule has 0 bridgehead atoms. The Kier molecular flexibility index (Phi) is 11.5. The third-order valence-electron chi connectivity index (χ3n) is 14.0. The van der Waals surface area contributed by atoms with Crippen molar-refractivity contribution in [1.29, 1.82) is 0 Å². The Hall–Kier alpha value is -5.11. The molecular formula is C46H52FN3O9. The number of alkyl halides is 1. The molecule has 0 saturated heterocycles. The van der Waals surface area contributed by atoms with Crippen LogP contribution in [0.5, 0.6) is 0 Å². The Balaban J connectivity index is 0.866. The quantitative estimate of drug-likeness (QED) is 0.157. The number of halogens is 1. The number of fused-ring (bicyclic) bond motifs is 6. The summed E-state index contributed by atoms with van der Waals surface area (Å²) in [5.74, 6) is -4.76. The smallest absolute Gasteiger partial charge is 0.306 e. The molecule has 4 aliphatic rings. The third-order valence-corrected chi connectivity index (χ3v) is 14.0. The average molecular weight is 810 g/mol. The van der Waals surface area contributed by atoms with Gasteiger partial charge < -0.3 is 30.7 Å². The highest BCUT2D eigenvalue weighted by atomic mass is 19.1. The van der Waals surface area contributed by atoms with Crippen LogP contribution in [-0.2, 0) is 40.1 Å². The lowest BCUT2D eigenvalue weighted by Gasteiger charge is -2.62. The molecule has 0 spiro atoms. The van der Waals surface area contributed by atoms with Gasteiger partial charge in [0.25, 0.3) is 0 Å². The van der Waals surface area contributed by atoms with Gasteiger partial charge in [-0.3, -0.25) is 29.0 Å². The van der Waals surface area contributed by atoms with Gasteiger partial charge in [0.1, 0.15) is 12.2 Å². The number of pyridine rings is 1. The van der Waals surface area contributed by atoms with E-state index in [1.165, 1.54) is 12.2 Å². The van der Waals surface area contributed by atoms with E-state index in [1.807, 2.05) is 18.2 Å². The Morgan fingerprint density at radius 2 is 1.75 bits per heavy atom. The van der Waals surface area contributed by atoms with E-state index in [9.17, 15) is 34.2 Å². The minimum absolute atomic E-state index is 0.0212. The molecule has 9 atom stereocenters. The molecule has 59 heavy (non-hydrogen) atoms. The summed E-state index contributed by atoms with van der Waals surface area (Å²) in [4.78, 5) is 68.3. The first-order chi connectivity index (χ1) is 28.0. The Morgan fingerprint density at radius 3 is 2.47 bits per heavy atom. The number of aliphatic hydroxyl groups excluding tert-OH is 1. The van der Waals surface area contributed by atoms with Crippen molar-refractivity contribution in [2.75, 3.05) is 18.5 Å². The SMILES string of the molecule is C[C@H]1C[C@H]2[C@@H]3CCC4=CC(=O)C=C[C@]4(C)[C@@]3(F)[C@@H](O)C[C@]2(C)[C@@]1(O)C(=O)COC(=O)CCCC(=O)OCc1ccc([C@@H](CN)C(=O)Nc2ccc3cnccc3c2)cc1. The molecule has 0 radical (unpaired) electrons. The molecule has 0 aliphatic heterocycles. The van der Waals surface area contributed by atoms with Crippen molar-refractivity contribution in [3.05, 3.63) is 95.9 Å². The molecule has 1 heterocycles. The number of nitrogens with two attached hydrogens (primary N) is 1. The first-order valence-corrected chi connectivity index (χ1v) is 20.4. The van der Waals surface area contributed by atoms with Crippen molar-refractivity contribution in [3.8, 4) is 0 Å².